The molecule has 0 aliphatic rings. The van der Waals surface area contributed by atoms with Crippen molar-refractivity contribution in [2.45, 2.75) is 20.4 Å². The van der Waals surface area contributed by atoms with E-state index in [1.165, 1.54) is 17.7 Å². The van der Waals surface area contributed by atoms with Crippen LogP contribution in [0.15, 0.2) is 30.5 Å². The van der Waals surface area contributed by atoms with Crippen molar-refractivity contribution in [3.05, 3.63) is 51.8 Å². The standard InChI is InChI=1S/C18H16Cl2N4O3/c1-4-24-15(7-8-21-24)27-18(26)11-5-6-12(19)16(17(11)20)14-9-13(10(2)25)22-23(14)3/h5-9H,4H2,1-3H3. The molecular weight excluding hydrogens is 391 g/mol. The lowest BCUT2D eigenvalue weighted by Crippen LogP contribution is -2.13. The zero-order valence-corrected chi connectivity index (χ0v) is 16.4. The maximum absolute atomic E-state index is 12.6. The third kappa shape index (κ3) is 3.61. The number of benzene rings is 1. The maximum Gasteiger partial charge on any atom is 0.346 e. The van der Waals surface area contributed by atoms with Crippen LogP contribution in [0.3, 0.4) is 0 Å². The van der Waals surface area contributed by atoms with Crippen LogP contribution in [-0.2, 0) is 13.6 Å². The van der Waals surface area contributed by atoms with Crippen LogP contribution < -0.4 is 4.74 Å². The highest BCUT2D eigenvalue weighted by molar-refractivity contribution is 6.41. The first-order valence-corrected chi connectivity index (χ1v) is 8.86. The molecule has 0 radical (unpaired) electrons. The van der Waals surface area contributed by atoms with E-state index in [0.29, 0.717) is 28.7 Å². The number of Topliss-reactive ketones (excluding diaryl/α,β-unsaturated/α-hetero) is 1. The summed E-state index contributed by atoms with van der Waals surface area (Å²) >= 11 is 12.8. The molecule has 0 amide bonds. The third-order valence-corrected chi connectivity index (χ3v) is 4.69. The molecule has 0 bridgehead atoms. The summed E-state index contributed by atoms with van der Waals surface area (Å²) in [4.78, 5) is 24.2. The number of halogens is 2. The third-order valence-electron chi connectivity index (χ3n) is 3.98. The monoisotopic (exact) mass is 406 g/mol. The number of hydrogen-bond acceptors (Lipinski definition) is 5. The summed E-state index contributed by atoms with van der Waals surface area (Å²) in [5.41, 5.74) is 1.34. The van der Waals surface area contributed by atoms with Crippen molar-refractivity contribution < 1.29 is 14.3 Å². The fourth-order valence-corrected chi connectivity index (χ4v) is 3.25. The Balaban J connectivity index is 2.03. The largest absolute Gasteiger partial charge is 0.404 e. The first-order valence-electron chi connectivity index (χ1n) is 8.10. The normalized spacial score (nSPS) is 10.9. The number of carbonyl (C=O) groups is 2. The Bertz CT molecular complexity index is 1040. The van der Waals surface area contributed by atoms with E-state index in [-0.39, 0.29) is 22.1 Å². The molecule has 0 unspecified atom stereocenters. The zero-order chi connectivity index (χ0) is 19.7. The van der Waals surface area contributed by atoms with Gasteiger partial charge < -0.3 is 4.74 Å². The first kappa shape index (κ1) is 19.1. The second-order valence-electron chi connectivity index (χ2n) is 5.75. The Morgan fingerprint density at radius 3 is 2.59 bits per heavy atom. The lowest BCUT2D eigenvalue weighted by atomic mass is 10.1. The smallest absolute Gasteiger partial charge is 0.346 e. The van der Waals surface area contributed by atoms with Crippen molar-refractivity contribution >= 4 is 35.0 Å². The molecule has 27 heavy (non-hydrogen) atoms. The van der Waals surface area contributed by atoms with Gasteiger partial charge in [-0.1, -0.05) is 23.2 Å². The SMILES string of the molecule is CCn1nccc1OC(=O)c1ccc(Cl)c(-c2cc(C(C)=O)nn2C)c1Cl. The maximum atomic E-state index is 12.6. The summed E-state index contributed by atoms with van der Waals surface area (Å²) in [6.07, 6.45) is 1.54. The van der Waals surface area contributed by atoms with Crippen LogP contribution in [0.25, 0.3) is 11.3 Å². The van der Waals surface area contributed by atoms with Gasteiger partial charge in [0.25, 0.3) is 0 Å². The molecule has 2 heterocycles. The van der Waals surface area contributed by atoms with E-state index in [1.54, 1.807) is 36.1 Å². The predicted octanol–water partition coefficient (Wildman–Crippen LogP) is 4.03. The van der Waals surface area contributed by atoms with E-state index in [0.717, 1.165) is 0 Å². The summed E-state index contributed by atoms with van der Waals surface area (Å²) in [6, 6.07) is 6.21. The predicted molar refractivity (Wildman–Crippen MR) is 102 cm³/mol. The summed E-state index contributed by atoms with van der Waals surface area (Å²) in [5, 5.41) is 8.65. The number of esters is 1. The van der Waals surface area contributed by atoms with Gasteiger partial charge in [0.1, 0.15) is 5.69 Å². The van der Waals surface area contributed by atoms with Crippen molar-refractivity contribution in [1.29, 1.82) is 0 Å². The topological polar surface area (TPSA) is 79.0 Å². The molecule has 140 valence electrons. The summed E-state index contributed by atoms with van der Waals surface area (Å²) < 4.78 is 8.44. The molecule has 0 aliphatic heterocycles. The number of nitrogens with zero attached hydrogens (tertiary/aromatic N) is 4. The number of hydrogen-bond donors (Lipinski definition) is 0. The van der Waals surface area contributed by atoms with Crippen LogP contribution in [0.5, 0.6) is 5.88 Å². The second-order valence-corrected chi connectivity index (χ2v) is 6.54. The average Bonchev–Trinajstić information content (AvgIpc) is 3.21. The molecule has 3 aromatic rings. The molecule has 1 aromatic carbocycles. The van der Waals surface area contributed by atoms with Crippen molar-refractivity contribution in [2.24, 2.45) is 7.05 Å². The van der Waals surface area contributed by atoms with Crippen LogP contribution in [0.1, 0.15) is 34.7 Å². The highest BCUT2D eigenvalue weighted by atomic mass is 35.5. The highest BCUT2D eigenvalue weighted by Gasteiger charge is 2.23. The van der Waals surface area contributed by atoms with Crippen molar-refractivity contribution in [3.8, 4) is 17.1 Å². The summed E-state index contributed by atoms with van der Waals surface area (Å²) in [5.74, 6) is -0.510. The molecule has 0 atom stereocenters. The molecule has 2 aromatic heterocycles. The minimum atomic E-state index is -0.637. The molecule has 0 saturated heterocycles. The second kappa shape index (κ2) is 7.54. The van der Waals surface area contributed by atoms with Gasteiger partial charge in [-0.05, 0) is 25.1 Å². The quantitative estimate of drug-likeness (QED) is 0.471. The van der Waals surface area contributed by atoms with Crippen LogP contribution in [-0.4, -0.2) is 31.3 Å². The number of carbonyl (C=O) groups excluding carboxylic acids is 2. The lowest BCUT2D eigenvalue weighted by molar-refractivity contribution is 0.0718. The molecule has 0 spiro atoms. The fourth-order valence-electron chi connectivity index (χ4n) is 2.61. The van der Waals surface area contributed by atoms with E-state index in [1.807, 2.05) is 6.92 Å². The van der Waals surface area contributed by atoms with Gasteiger partial charge in [0.05, 0.1) is 27.5 Å². The van der Waals surface area contributed by atoms with Crippen molar-refractivity contribution in [2.75, 3.05) is 0 Å². The van der Waals surface area contributed by atoms with E-state index < -0.39 is 5.97 Å². The van der Waals surface area contributed by atoms with E-state index in [2.05, 4.69) is 10.2 Å². The van der Waals surface area contributed by atoms with Crippen molar-refractivity contribution in [3.63, 3.8) is 0 Å². The number of ether oxygens (including phenoxy) is 1. The molecular formula is C18H16Cl2N4O3. The Kier molecular flexibility index (Phi) is 5.34. The van der Waals surface area contributed by atoms with E-state index >= 15 is 0 Å². The minimum Gasteiger partial charge on any atom is -0.404 e. The number of rotatable bonds is 5. The van der Waals surface area contributed by atoms with Gasteiger partial charge >= 0.3 is 5.97 Å². The molecule has 0 saturated carbocycles. The fraction of sp³-hybridized carbons (Fsp3) is 0.222. The lowest BCUT2D eigenvalue weighted by Gasteiger charge is -2.12. The molecule has 0 fully saturated rings. The molecule has 9 heteroatoms. The number of aromatic nitrogens is 4. The van der Waals surface area contributed by atoms with Gasteiger partial charge in [-0.2, -0.15) is 10.2 Å². The molecule has 0 N–H and O–H groups in total. The van der Waals surface area contributed by atoms with Gasteiger partial charge in [0, 0.05) is 32.1 Å². The van der Waals surface area contributed by atoms with Gasteiger partial charge in [-0.3, -0.25) is 9.48 Å². The zero-order valence-electron chi connectivity index (χ0n) is 14.9. The van der Waals surface area contributed by atoms with Crippen molar-refractivity contribution in [1.82, 2.24) is 19.6 Å². The summed E-state index contributed by atoms with van der Waals surface area (Å²) in [6.45, 7) is 3.85. The Morgan fingerprint density at radius 1 is 1.22 bits per heavy atom. The molecule has 7 nitrogen and oxygen atoms in total. The Labute approximate surface area is 165 Å². The van der Waals surface area contributed by atoms with Crippen LogP contribution in [0.2, 0.25) is 10.0 Å². The Hall–Kier alpha value is -2.64. The van der Waals surface area contributed by atoms with Gasteiger partial charge in [0.15, 0.2) is 5.78 Å². The highest BCUT2D eigenvalue weighted by Crippen LogP contribution is 2.37. The number of ketones is 1. The van der Waals surface area contributed by atoms with E-state index in [9.17, 15) is 9.59 Å². The van der Waals surface area contributed by atoms with Crippen LogP contribution in [0.4, 0.5) is 0 Å². The van der Waals surface area contributed by atoms with Gasteiger partial charge in [-0.15, -0.1) is 0 Å². The number of aryl methyl sites for hydroxylation is 2. The minimum absolute atomic E-state index is 0.119. The molecule has 3 rings (SSSR count). The Morgan fingerprint density at radius 2 is 1.96 bits per heavy atom. The van der Waals surface area contributed by atoms with Crippen LogP contribution in [0, 0.1) is 0 Å². The first-order chi connectivity index (χ1) is 12.8. The van der Waals surface area contributed by atoms with Crippen LogP contribution >= 0.6 is 23.2 Å². The summed E-state index contributed by atoms with van der Waals surface area (Å²) in [7, 11) is 1.67. The molecule has 0 aliphatic carbocycles. The van der Waals surface area contributed by atoms with E-state index in [4.69, 9.17) is 27.9 Å². The van der Waals surface area contributed by atoms with Gasteiger partial charge in [-0.25, -0.2) is 9.48 Å². The average molecular weight is 407 g/mol. The van der Waals surface area contributed by atoms with Gasteiger partial charge in [0.2, 0.25) is 5.88 Å².